The van der Waals surface area contributed by atoms with E-state index in [-0.39, 0.29) is 11.9 Å². The van der Waals surface area contributed by atoms with E-state index in [1.54, 1.807) is 43.6 Å². The number of nitrogens with zero attached hydrogens (tertiary/aromatic N) is 6. The molecule has 1 aromatic carbocycles. The van der Waals surface area contributed by atoms with Crippen LogP contribution in [-0.4, -0.2) is 36.6 Å². The number of aryl methyl sites for hydroxylation is 1. The van der Waals surface area contributed by atoms with E-state index < -0.39 is 11.9 Å². The maximum absolute atomic E-state index is 13.0. The Morgan fingerprint density at radius 1 is 1.03 bits per heavy atom. The van der Waals surface area contributed by atoms with Crippen molar-refractivity contribution in [1.29, 1.82) is 0 Å². The Bertz CT molecular complexity index is 1380. The van der Waals surface area contributed by atoms with E-state index >= 15 is 0 Å². The van der Waals surface area contributed by atoms with E-state index in [1.165, 1.54) is 17.9 Å². The van der Waals surface area contributed by atoms with Crippen LogP contribution in [0.25, 0.3) is 22.8 Å². The average Bonchev–Trinajstić information content (AvgIpc) is 3.64. The van der Waals surface area contributed by atoms with Gasteiger partial charge in [-0.25, -0.2) is 19.9 Å². The molecule has 3 heterocycles. The minimum absolute atomic E-state index is 0.230. The number of hydrogen-bond donors (Lipinski definition) is 0. The van der Waals surface area contributed by atoms with Crippen LogP contribution in [0.5, 0.6) is 11.8 Å². The van der Waals surface area contributed by atoms with Crippen LogP contribution in [0.1, 0.15) is 48.7 Å². The first kappa shape index (κ1) is 23.7. The number of aromatic nitrogens is 6. The van der Waals surface area contributed by atoms with Crippen molar-refractivity contribution in [1.82, 2.24) is 29.5 Å². The van der Waals surface area contributed by atoms with E-state index in [0.29, 0.717) is 34.6 Å². The third kappa shape index (κ3) is 4.73. The SMILES string of the molecule is COc1ncnc(C2CC2)c1-c1nccc(O[C@@H](C)c2ccc(-c3nc(C(F)(F)F)cn3C)cc2)n1. The van der Waals surface area contributed by atoms with Gasteiger partial charge < -0.3 is 14.0 Å². The van der Waals surface area contributed by atoms with Crippen LogP contribution in [0.3, 0.4) is 0 Å². The van der Waals surface area contributed by atoms with Crippen LogP contribution in [0.15, 0.2) is 49.1 Å². The van der Waals surface area contributed by atoms with Crippen molar-refractivity contribution in [2.45, 2.75) is 38.0 Å². The highest BCUT2D eigenvalue weighted by Crippen LogP contribution is 2.45. The molecule has 3 aromatic heterocycles. The molecule has 186 valence electrons. The number of halogens is 3. The van der Waals surface area contributed by atoms with Gasteiger partial charge in [0.05, 0.1) is 12.8 Å². The topological polar surface area (TPSA) is 87.8 Å². The molecule has 0 spiro atoms. The zero-order valence-corrected chi connectivity index (χ0v) is 19.8. The van der Waals surface area contributed by atoms with E-state index in [1.807, 2.05) is 6.92 Å². The first-order valence-corrected chi connectivity index (χ1v) is 11.3. The van der Waals surface area contributed by atoms with Crippen LogP contribution in [-0.2, 0) is 13.2 Å². The van der Waals surface area contributed by atoms with Crippen LogP contribution >= 0.6 is 0 Å². The number of imidazole rings is 1. The summed E-state index contributed by atoms with van der Waals surface area (Å²) < 4.78 is 51.9. The minimum atomic E-state index is -4.50. The molecule has 1 atom stereocenters. The first-order valence-electron chi connectivity index (χ1n) is 11.3. The average molecular weight is 496 g/mol. The van der Waals surface area contributed by atoms with Crippen LogP contribution in [0.2, 0.25) is 0 Å². The number of ether oxygens (including phenoxy) is 2. The molecule has 4 aromatic rings. The molecule has 1 saturated carbocycles. The molecule has 8 nitrogen and oxygen atoms in total. The number of hydrogen-bond acceptors (Lipinski definition) is 7. The van der Waals surface area contributed by atoms with Crippen molar-refractivity contribution >= 4 is 0 Å². The second kappa shape index (κ2) is 9.21. The fraction of sp³-hybridized carbons (Fsp3) is 0.320. The summed E-state index contributed by atoms with van der Waals surface area (Å²) in [6, 6.07) is 8.69. The molecule has 1 fully saturated rings. The van der Waals surface area contributed by atoms with Crippen molar-refractivity contribution in [2.75, 3.05) is 7.11 Å². The van der Waals surface area contributed by atoms with Crippen LogP contribution in [0, 0.1) is 0 Å². The Balaban J connectivity index is 1.36. The summed E-state index contributed by atoms with van der Waals surface area (Å²) in [7, 11) is 3.08. The third-order valence-corrected chi connectivity index (χ3v) is 5.96. The van der Waals surface area contributed by atoms with Crippen LogP contribution < -0.4 is 9.47 Å². The Labute approximate surface area is 205 Å². The van der Waals surface area contributed by atoms with Gasteiger partial charge in [0, 0.05) is 37.0 Å². The van der Waals surface area contributed by atoms with Gasteiger partial charge in [0.2, 0.25) is 11.8 Å². The smallest absolute Gasteiger partial charge is 0.434 e. The molecule has 0 bridgehead atoms. The van der Waals surface area contributed by atoms with Crippen molar-refractivity contribution in [3.63, 3.8) is 0 Å². The predicted molar refractivity (Wildman–Crippen MR) is 124 cm³/mol. The normalized spacial score (nSPS) is 14.5. The fourth-order valence-corrected chi connectivity index (χ4v) is 3.97. The van der Waals surface area contributed by atoms with E-state index in [0.717, 1.165) is 30.3 Å². The van der Waals surface area contributed by atoms with Gasteiger partial charge in [0.25, 0.3) is 0 Å². The fourth-order valence-electron chi connectivity index (χ4n) is 3.97. The molecule has 0 amide bonds. The standard InChI is InChI=1S/C25H23F3N6O2/c1-14(15-4-8-17(9-5-15)23-32-18(12-34(23)2)25(26,27)28)36-19-10-11-29-22(33-19)20-21(16-6-7-16)30-13-31-24(20)35-3/h4-5,8-14,16H,6-7H2,1-3H3/t14-/m0/s1. The lowest BCUT2D eigenvalue weighted by Gasteiger charge is -2.16. The lowest BCUT2D eigenvalue weighted by atomic mass is 10.1. The lowest BCUT2D eigenvalue weighted by molar-refractivity contribution is -0.140. The minimum Gasteiger partial charge on any atom is -0.480 e. The summed E-state index contributed by atoms with van der Waals surface area (Å²) in [4.78, 5) is 21.4. The summed E-state index contributed by atoms with van der Waals surface area (Å²) in [6.07, 6.45) is 1.28. The monoisotopic (exact) mass is 496 g/mol. The second-order valence-electron chi connectivity index (χ2n) is 8.58. The molecule has 1 aliphatic rings. The van der Waals surface area contributed by atoms with Crippen LogP contribution in [0.4, 0.5) is 13.2 Å². The maximum atomic E-state index is 13.0. The van der Waals surface area contributed by atoms with Crippen molar-refractivity contribution in [2.24, 2.45) is 7.05 Å². The summed E-state index contributed by atoms with van der Waals surface area (Å²) in [6.45, 7) is 1.86. The molecule has 11 heteroatoms. The van der Waals surface area contributed by atoms with E-state index in [4.69, 9.17) is 9.47 Å². The molecule has 36 heavy (non-hydrogen) atoms. The predicted octanol–water partition coefficient (Wildman–Crippen LogP) is 5.38. The number of alkyl halides is 3. The number of methoxy groups -OCH3 is 1. The highest BCUT2D eigenvalue weighted by atomic mass is 19.4. The van der Waals surface area contributed by atoms with Gasteiger partial charge in [-0.1, -0.05) is 24.3 Å². The van der Waals surface area contributed by atoms with Crippen molar-refractivity contribution in [3.8, 4) is 34.5 Å². The van der Waals surface area contributed by atoms with Gasteiger partial charge in [0.15, 0.2) is 11.5 Å². The Morgan fingerprint density at radius 2 is 1.78 bits per heavy atom. The van der Waals surface area contributed by atoms with Gasteiger partial charge in [-0.2, -0.15) is 18.2 Å². The molecular formula is C25H23F3N6O2. The zero-order chi connectivity index (χ0) is 25.4. The molecular weight excluding hydrogens is 473 g/mol. The van der Waals surface area contributed by atoms with Gasteiger partial charge in [-0.3, -0.25) is 0 Å². The maximum Gasteiger partial charge on any atom is 0.434 e. The van der Waals surface area contributed by atoms with Gasteiger partial charge in [-0.05, 0) is 25.3 Å². The molecule has 0 unspecified atom stereocenters. The largest absolute Gasteiger partial charge is 0.480 e. The van der Waals surface area contributed by atoms with Gasteiger partial charge in [-0.15, -0.1) is 0 Å². The second-order valence-corrected chi connectivity index (χ2v) is 8.58. The van der Waals surface area contributed by atoms with Gasteiger partial charge >= 0.3 is 6.18 Å². The molecule has 0 N–H and O–H groups in total. The van der Waals surface area contributed by atoms with E-state index in [2.05, 4.69) is 24.9 Å². The molecule has 0 saturated heterocycles. The summed E-state index contributed by atoms with van der Waals surface area (Å²) in [5.41, 5.74) is 2.00. The Hall–Kier alpha value is -4.02. The molecule has 0 radical (unpaired) electrons. The quantitative estimate of drug-likeness (QED) is 0.340. The number of benzene rings is 1. The lowest BCUT2D eigenvalue weighted by Crippen LogP contribution is -2.06. The third-order valence-electron chi connectivity index (χ3n) is 5.96. The zero-order valence-electron chi connectivity index (χ0n) is 19.8. The molecule has 5 rings (SSSR count). The van der Waals surface area contributed by atoms with E-state index in [9.17, 15) is 13.2 Å². The summed E-state index contributed by atoms with van der Waals surface area (Å²) in [5, 5.41) is 0. The molecule has 0 aliphatic heterocycles. The number of rotatable bonds is 7. The summed E-state index contributed by atoms with van der Waals surface area (Å²) in [5.74, 6) is 1.77. The highest BCUT2D eigenvalue weighted by Gasteiger charge is 2.34. The molecule has 1 aliphatic carbocycles. The Kier molecular flexibility index (Phi) is 6.07. The Morgan fingerprint density at radius 3 is 2.42 bits per heavy atom. The first-order chi connectivity index (χ1) is 17.2. The highest BCUT2D eigenvalue weighted by molar-refractivity contribution is 5.66. The van der Waals surface area contributed by atoms with Crippen molar-refractivity contribution < 1.29 is 22.6 Å². The van der Waals surface area contributed by atoms with Gasteiger partial charge in [0.1, 0.15) is 23.8 Å². The summed E-state index contributed by atoms with van der Waals surface area (Å²) >= 11 is 0. The van der Waals surface area contributed by atoms with Crippen molar-refractivity contribution in [3.05, 3.63) is 66.0 Å².